The summed E-state index contributed by atoms with van der Waals surface area (Å²) in [4.78, 5) is 0. The monoisotopic (exact) mass is 224 g/mol. The van der Waals surface area contributed by atoms with Gasteiger partial charge in [-0.3, -0.25) is 0 Å². The van der Waals surface area contributed by atoms with Crippen LogP contribution >= 0.6 is 0 Å². The molecule has 2 rings (SSSR count). The normalized spacial score (nSPS) is 25.1. The fourth-order valence-electron chi connectivity index (χ4n) is 2.08. The van der Waals surface area contributed by atoms with Gasteiger partial charge >= 0.3 is 0 Å². The summed E-state index contributed by atoms with van der Waals surface area (Å²) in [5.74, 6) is 0.576. The van der Waals surface area contributed by atoms with Crippen LogP contribution in [0.1, 0.15) is 12.5 Å². The van der Waals surface area contributed by atoms with E-state index < -0.39 is 0 Å². The van der Waals surface area contributed by atoms with Crippen LogP contribution in [0.2, 0.25) is 0 Å². The van der Waals surface area contributed by atoms with Gasteiger partial charge in [0.1, 0.15) is 0 Å². The van der Waals surface area contributed by atoms with Crippen molar-refractivity contribution in [2.24, 2.45) is 5.92 Å². The quantitative estimate of drug-likeness (QED) is 0.756. The van der Waals surface area contributed by atoms with Crippen molar-refractivity contribution in [2.75, 3.05) is 26.3 Å². The molecule has 2 N–H and O–H groups in total. The van der Waals surface area contributed by atoms with Gasteiger partial charge in [-0.1, -0.05) is 6.92 Å². The van der Waals surface area contributed by atoms with Gasteiger partial charge in [0.15, 0.2) is 0 Å². The first-order valence-corrected chi connectivity index (χ1v) is 5.93. The van der Waals surface area contributed by atoms with E-state index in [1.165, 1.54) is 5.56 Å². The molecule has 0 aliphatic carbocycles. The Labute approximate surface area is 96.4 Å². The second-order valence-electron chi connectivity index (χ2n) is 4.22. The Balaban J connectivity index is 1.69. The van der Waals surface area contributed by atoms with Gasteiger partial charge in [0.05, 0.1) is 25.7 Å². The van der Waals surface area contributed by atoms with E-state index in [0.29, 0.717) is 12.0 Å². The Kier molecular flexibility index (Phi) is 4.39. The van der Waals surface area contributed by atoms with Crippen molar-refractivity contribution >= 4 is 0 Å². The molecule has 1 aliphatic rings. The SMILES string of the molecule is CCNC1COCC1CNCc1ccoc1. The van der Waals surface area contributed by atoms with E-state index in [2.05, 4.69) is 17.6 Å². The number of rotatable bonds is 6. The lowest BCUT2D eigenvalue weighted by Crippen LogP contribution is -2.40. The second-order valence-corrected chi connectivity index (χ2v) is 4.22. The van der Waals surface area contributed by atoms with Gasteiger partial charge in [0.2, 0.25) is 0 Å². The molecule has 2 atom stereocenters. The molecule has 0 amide bonds. The summed E-state index contributed by atoms with van der Waals surface area (Å²) in [6.07, 6.45) is 3.48. The molecule has 1 fully saturated rings. The fraction of sp³-hybridized carbons (Fsp3) is 0.667. The topological polar surface area (TPSA) is 46.4 Å². The molecule has 2 heterocycles. The first-order chi connectivity index (χ1) is 7.90. The zero-order valence-electron chi connectivity index (χ0n) is 9.74. The van der Waals surface area contributed by atoms with Crippen LogP contribution in [0.5, 0.6) is 0 Å². The summed E-state index contributed by atoms with van der Waals surface area (Å²) >= 11 is 0. The van der Waals surface area contributed by atoms with Crippen LogP contribution in [0.15, 0.2) is 23.0 Å². The maximum Gasteiger partial charge on any atom is 0.0947 e. The first kappa shape index (κ1) is 11.6. The van der Waals surface area contributed by atoms with E-state index in [-0.39, 0.29) is 0 Å². The Hall–Kier alpha value is -0.840. The molecule has 0 saturated carbocycles. The fourth-order valence-corrected chi connectivity index (χ4v) is 2.08. The lowest BCUT2D eigenvalue weighted by molar-refractivity contribution is 0.182. The Bertz CT molecular complexity index is 287. The van der Waals surface area contributed by atoms with Crippen molar-refractivity contribution in [1.29, 1.82) is 0 Å². The van der Waals surface area contributed by atoms with Crippen molar-refractivity contribution in [3.63, 3.8) is 0 Å². The first-order valence-electron chi connectivity index (χ1n) is 5.93. The molecule has 0 aromatic carbocycles. The number of likely N-dealkylation sites (N-methyl/N-ethyl adjacent to an activating group) is 1. The molecule has 0 radical (unpaired) electrons. The molecule has 0 bridgehead atoms. The van der Waals surface area contributed by atoms with E-state index in [1.807, 2.05) is 6.07 Å². The molecule has 1 aromatic heterocycles. The summed E-state index contributed by atoms with van der Waals surface area (Å²) in [5, 5.41) is 6.89. The van der Waals surface area contributed by atoms with E-state index >= 15 is 0 Å². The second kappa shape index (κ2) is 6.03. The van der Waals surface area contributed by atoms with Crippen LogP contribution in [0.4, 0.5) is 0 Å². The molecule has 1 aromatic rings. The van der Waals surface area contributed by atoms with Crippen molar-refractivity contribution in [2.45, 2.75) is 19.5 Å². The number of ether oxygens (including phenoxy) is 1. The van der Waals surface area contributed by atoms with E-state index in [1.54, 1.807) is 12.5 Å². The molecule has 90 valence electrons. The third-order valence-corrected chi connectivity index (χ3v) is 2.98. The van der Waals surface area contributed by atoms with Crippen LogP contribution in [0, 0.1) is 5.92 Å². The third kappa shape index (κ3) is 3.07. The number of nitrogens with one attached hydrogen (secondary N) is 2. The zero-order chi connectivity index (χ0) is 11.2. The Morgan fingerprint density at radius 3 is 3.12 bits per heavy atom. The van der Waals surface area contributed by atoms with Gasteiger partial charge < -0.3 is 19.8 Å². The molecule has 0 spiro atoms. The van der Waals surface area contributed by atoms with E-state index in [9.17, 15) is 0 Å². The van der Waals surface area contributed by atoms with Crippen molar-refractivity contribution in [1.82, 2.24) is 10.6 Å². The summed E-state index contributed by atoms with van der Waals surface area (Å²) < 4.78 is 10.5. The minimum atomic E-state index is 0.502. The summed E-state index contributed by atoms with van der Waals surface area (Å²) in [5.41, 5.74) is 1.19. The van der Waals surface area contributed by atoms with Gasteiger partial charge in [-0.15, -0.1) is 0 Å². The van der Waals surface area contributed by atoms with Crippen molar-refractivity contribution < 1.29 is 9.15 Å². The maximum absolute atomic E-state index is 5.49. The average molecular weight is 224 g/mol. The minimum Gasteiger partial charge on any atom is -0.472 e. The molecule has 4 heteroatoms. The van der Waals surface area contributed by atoms with Gasteiger partial charge in [-0.25, -0.2) is 0 Å². The molecular weight excluding hydrogens is 204 g/mol. The van der Waals surface area contributed by atoms with Crippen LogP contribution in [0.3, 0.4) is 0 Å². The summed E-state index contributed by atoms with van der Waals surface area (Å²) in [6, 6.07) is 2.49. The van der Waals surface area contributed by atoms with Gasteiger partial charge in [0.25, 0.3) is 0 Å². The van der Waals surface area contributed by atoms with Crippen LogP contribution < -0.4 is 10.6 Å². The lowest BCUT2D eigenvalue weighted by Gasteiger charge is -2.18. The Morgan fingerprint density at radius 1 is 1.44 bits per heavy atom. The number of hydrogen-bond acceptors (Lipinski definition) is 4. The summed E-state index contributed by atoms with van der Waals surface area (Å²) in [7, 11) is 0. The molecule has 1 saturated heterocycles. The zero-order valence-corrected chi connectivity index (χ0v) is 9.74. The van der Waals surface area contributed by atoms with Gasteiger partial charge in [-0.05, 0) is 12.6 Å². The largest absolute Gasteiger partial charge is 0.472 e. The predicted octanol–water partition coefficient (Wildman–Crippen LogP) is 0.994. The number of hydrogen-bond donors (Lipinski definition) is 2. The van der Waals surface area contributed by atoms with E-state index in [4.69, 9.17) is 9.15 Å². The standard InChI is InChI=1S/C12H20N2O2/c1-2-14-12-9-16-8-11(12)6-13-5-10-3-4-15-7-10/h3-4,7,11-14H,2,5-6,8-9H2,1H3. The van der Waals surface area contributed by atoms with Crippen LogP contribution in [-0.2, 0) is 11.3 Å². The minimum absolute atomic E-state index is 0.502. The summed E-state index contributed by atoms with van der Waals surface area (Å²) in [6.45, 7) is 6.69. The molecule has 1 aliphatic heterocycles. The molecule has 2 unspecified atom stereocenters. The predicted molar refractivity (Wildman–Crippen MR) is 62.2 cm³/mol. The highest BCUT2D eigenvalue weighted by atomic mass is 16.5. The Morgan fingerprint density at radius 2 is 2.38 bits per heavy atom. The highest BCUT2D eigenvalue weighted by molar-refractivity contribution is 5.04. The average Bonchev–Trinajstić information content (AvgIpc) is 2.91. The molecular formula is C12H20N2O2. The van der Waals surface area contributed by atoms with Gasteiger partial charge in [-0.2, -0.15) is 0 Å². The van der Waals surface area contributed by atoms with Crippen LogP contribution in [0.25, 0.3) is 0 Å². The smallest absolute Gasteiger partial charge is 0.0947 e. The third-order valence-electron chi connectivity index (χ3n) is 2.98. The molecule has 4 nitrogen and oxygen atoms in total. The highest BCUT2D eigenvalue weighted by Gasteiger charge is 2.26. The molecule has 16 heavy (non-hydrogen) atoms. The van der Waals surface area contributed by atoms with Gasteiger partial charge in [0, 0.05) is 30.6 Å². The van der Waals surface area contributed by atoms with E-state index in [0.717, 1.165) is 32.8 Å². The number of furan rings is 1. The van der Waals surface area contributed by atoms with Crippen molar-refractivity contribution in [3.8, 4) is 0 Å². The van der Waals surface area contributed by atoms with Crippen LogP contribution in [-0.4, -0.2) is 32.3 Å². The lowest BCUT2D eigenvalue weighted by atomic mass is 10.0. The highest BCUT2D eigenvalue weighted by Crippen LogP contribution is 2.12. The maximum atomic E-state index is 5.49. The van der Waals surface area contributed by atoms with Crippen molar-refractivity contribution in [3.05, 3.63) is 24.2 Å².